The Morgan fingerprint density at radius 3 is 2.59 bits per heavy atom. The van der Waals surface area contributed by atoms with Crippen molar-refractivity contribution in [1.82, 2.24) is 4.98 Å². The molecule has 0 fully saturated rings. The second kappa shape index (κ2) is 5.80. The van der Waals surface area contributed by atoms with Gasteiger partial charge in [0.2, 0.25) is 11.8 Å². The summed E-state index contributed by atoms with van der Waals surface area (Å²) < 4.78 is 5.66. The molecule has 0 spiro atoms. The monoisotopic (exact) mass is 354 g/mol. The lowest BCUT2D eigenvalue weighted by Gasteiger charge is -2.03. The summed E-state index contributed by atoms with van der Waals surface area (Å²) in [6, 6.07) is 8.39. The first-order valence-corrected chi connectivity index (χ1v) is 7.40. The molecule has 4 nitrogen and oxygen atoms in total. The number of carbonyl (C=O) groups excluding carboxylic acids is 1. The van der Waals surface area contributed by atoms with Crippen molar-refractivity contribution in [2.24, 2.45) is 5.73 Å². The number of halogens is 3. The summed E-state index contributed by atoms with van der Waals surface area (Å²) in [5.74, 6) is -0.0790. The Morgan fingerprint density at radius 1 is 1.14 bits per heavy atom. The summed E-state index contributed by atoms with van der Waals surface area (Å²) in [6.07, 6.45) is 0.0775. The lowest BCUT2D eigenvalue weighted by Crippen LogP contribution is -2.13. The van der Waals surface area contributed by atoms with Crippen molar-refractivity contribution in [2.75, 3.05) is 0 Å². The predicted octanol–water partition coefficient (Wildman–Crippen LogP) is 4.48. The molecule has 0 radical (unpaired) electrons. The molecule has 1 aromatic heterocycles. The number of hydrogen-bond acceptors (Lipinski definition) is 3. The third-order valence-corrected chi connectivity index (χ3v) is 3.93. The van der Waals surface area contributed by atoms with Crippen LogP contribution in [0.5, 0.6) is 0 Å². The number of oxazole rings is 1. The van der Waals surface area contributed by atoms with E-state index in [4.69, 9.17) is 45.0 Å². The van der Waals surface area contributed by atoms with Gasteiger partial charge >= 0.3 is 0 Å². The molecule has 0 aliphatic rings. The van der Waals surface area contributed by atoms with Crippen LogP contribution in [0.2, 0.25) is 15.1 Å². The Kier molecular flexibility index (Phi) is 4.00. The zero-order chi connectivity index (χ0) is 15.9. The number of nitrogens with two attached hydrogens (primary N) is 1. The first kappa shape index (κ1) is 15.2. The fraction of sp³-hybridized carbons (Fsp3) is 0.0667. The van der Waals surface area contributed by atoms with E-state index in [0.717, 1.165) is 0 Å². The van der Waals surface area contributed by atoms with Gasteiger partial charge in [0.05, 0.1) is 11.4 Å². The Labute approximate surface area is 140 Å². The van der Waals surface area contributed by atoms with Gasteiger partial charge in [0.1, 0.15) is 5.52 Å². The minimum Gasteiger partial charge on any atom is -0.435 e. The minimum atomic E-state index is -0.446. The van der Waals surface area contributed by atoms with Gasteiger partial charge in [-0.3, -0.25) is 4.79 Å². The highest BCUT2D eigenvalue weighted by atomic mass is 35.5. The van der Waals surface area contributed by atoms with E-state index in [2.05, 4.69) is 4.98 Å². The molecule has 0 unspecified atom stereocenters. The first-order chi connectivity index (χ1) is 10.4. The maximum absolute atomic E-state index is 11.0. The lowest BCUT2D eigenvalue weighted by atomic mass is 10.1. The molecular formula is C15H9Cl3N2O2. The number of primary amides is 1. The average molecular weight is 356 g/mol. The Balaban J connectivity index is 2.06. The number of rotatable bonds is 3. The maximum atomic E-state index is 11.0. The van der Waals surface area contributed by atoms with Crippen LogP contribution in [-0.2, 0) is 11.2 Å². The predicted molar refractivity (Wildman–Crippen MR) is 87.4 cm³/mol. The summed E-state index contributed by atoms with van der Waals surface area (Å²) in [5.41, 5.74) is 7.50. The van der Waals surface area contributed by atoms with Crippen LogP contribution in [0.1, 0.15) is 5.56 Å². The summed E-state index contributed by atoms with van der Waals surface area (Å²) in [6.45, 7) is 0. The standard InChI is InChI=1S/C15H9Cl3N2O2/c16-9-5-11(18)14-12(6-9)20-15(22-14)8-2-1-7(4-13(19)21)10(17)3-8/h1-3,5-6H,4H2,(H2,19,21). The fourth-order valence-electron chi connectivity index (χ4n) is 2.09. The Hall–Kier alpha value is -1.75. The van der Waals surface area contributed by atoms with Gasteiger partial charge in [0, 0.05) is 15.6 Å². The summed E-state index contributed by atoms with van der Waals surface area (Å²) in [5, 5.41) is 1.28. The van der Waals surface area contributed by atoms with Gasteiger partial charge in [-0.15, -0.1) is 0 Å². The number of hydrogen-bond donors (Lipinski definition) is 1. The summed E-state index contributed by atoms with van der Waals surface area (Å²) in [4.78, 5) is 15.3. The Morgan fingerprint density at radius 2 is 1.91 bits per heavy atom. The third kappa shape index (κ3) is 2.90. The van der Waals surface area contributed by atoms with Gasteiger partial charge in [-0.25, -0.2) is 4.98 Å². The molecule has 7 heteroatoms. The van der Waals surface area contributed by atoms with E-state index >= 15 is 0 Å². The molecule has 2 aromatic carbocycles. The zero-order valence-corrected chi connectivity index (χ0v) is 13.3. The van der Waals surface area contributed by atoms with Crippen molar-refractivity contribution in [3.05, 3.63) is 51.0 Å². The van der Waals surface area contributed by atoms with Crippen LogP contribution in [0.3, 0.4) is 0 Å². The van der Waals surface area contributed by atoms with E-state index in [-0.39, 0.29) is 6.42 Å². The number of benzene rings is 2. The highest BCUT2D eigenvalue weighted by Gasteiger charge is 2.14. The quantitative estimate of drug-likeness (QED) is 0.753. The van der Waals surface area contributed by atoms with E-state index in [1.54, 1.807) is 30.3 Å². The minimum absolute atomic E-state index is 0.0775. The number of carbonyl (C=O) groups is 1. The van der Waals surface area contributed by atoms with Crippen LogP contribution in [0.25, 0.3) is 22.6 Å². The molecular weight excluding hydrogens is 347 g/mol. The molecule has 2 N–H and O–H groups in total. The van der Waals surface area contributed by atoms with Crippen molar-refractivity contribution in [3.8, 4) is 11.5 Å². The first-order valence-electron chi connectivity index (χ1n) is 6.27. The van der Waals surface area contributed by atoms with Gasteiger partial charge in [-0.2, -0.15) is 0 Å². The highest BCUT2D eigenvalue weighted by Crippen LogP contribution is 2.33. The van der Waals surface area contributed by atoms with Crippen LogP contribution >= 0.6 is 34.8 Å². The molecule has 1 heterocycles. The van der Waals surface area contributed by atoms with Crippen molar-refractivity contribution in [1.29, 1.82) is 0 Å². The SMILES string of the molecule is NC(=O)Cc1ccc(-c2nc3cc(Cl)cc(Cl)c3o2)cc1Cl. The van der Waals surface area contributed by atoms with Crippen molar-refractivity contribution >= 4 is 51.8 Å². The molecule has 0 aliphatic heterocycles. The van der Waals surface area contributed by atoms with E-state index in [1.807, 2.05) is 0 Å². The molecule has 0 saturated heterocycles. The van der Waals surface area contributed by atoms with Crippen LogP contribution in [0.15, 0.2) is 34.7 Å². The van der Waals surface area contributed by atoms with Gasteiger partial charge in [-0.1, -0.05) is 40.9 Å². The Bertz CT molecular complexity index is 890. The molecule has 22 heavy (non-hydrogen) atoms. The third-order valence-electron chi connectivity index (χ3n) is 3.07. The smallest absolute Gasteiger partial charge is 0.227 e. The molecule has 0 bridgehead atoms. The molecule has 3 rings (SSSR count). The number of fused-ring (bicyclic) bond motifs is 1. The van der Waals surface area contributed by atoms with Crippen molar-refractivity contribution in [2.45, 2.75) is 6.42 Å². The molecule has 0 atom stereocenters. The van der Waals surface area contributed by atoms with Crippen LogP contribution in [0, 0.1) is 0 Å². The van der Waals surface area contributed by atoms with Gasteiger partial charge in [-0.05, 0) is 29.8 Å². The van der Waals surface area contributed by atoms with Crippen LogP contribution < -0.4 is 5.73 Å². The number of aromatic nitrogens is 1. The molecule has 3 aromatic rings. The molecule has 1 amide bonds. The fourth-order valence-corrected chi connectivity index (χ4v) is 2.86. The largest absolute Gasteiger partial charge is 0.435 e. The van der Waals surface area contributed by atoms with E-state index in [9.17, 15) is 4.79 Å². The van der Waals surface area contributed by atoms with E-state index in [1.165, 1.54) is 0 Å². The maximum Gasteiger partial charge on any atom is 0.227 e. The van der Waals surface area contributed by atoms with Gasteiger partial charge < -0.3 is 10.2 Å². The second-order valence-corrected chi connectivity index (χ2v) is 5.95. The highest BCUT2D eigenvalue weighted by molar-refractivity contribution is 6.38. The second-order valence-electron chi connectivity index (χ2n) is 4.70. The van der Waals surface area contributed by atoms with Crippen LogP contribution in [0.4, 0.5) is 0 Å². The zero-order valence-electron chi connectivity index (χ0n) is 11.1. The molecule has 0 saturated carbocycles. The molecule has 112 valence electrons. The van der Waals surface area contributed by atoms with Gasteiger partial charge in [0.15, 0.2) is 5.58 Å². The van der Waals surface area contributed by atoms with Gasteiger partial charge in [0.25, 0.3) is 0 Å². The normalized spacial score (nSPS) is 11.0. The lowest BCUT2D eigenvalue weighted by molar-refractivity contribution is -0.117. The van der Waals surface area contributed by atoms with E-state index < -0.39 is 5.91 Å². The van der Waals surface area contributed by atoms with Crippen molar-refractivity contribution < 1.29 is 9.21 Å². The molecule has 0 aliphatic carbocycles. The summed E-state index contributed by atoms with van der Waals surface area (Å²) >= 11 is 18.2. The topological polar surface area (TPSA) is 69.1 Å². The number of nitrogens with zero attached hydrogens (tertiary/aromatic N) is 1. The average Bonchev–Trinajstić information content (AvgIpc) is 2.84. The number of amides is 1. The summed E-state index contributed by atoms with van der Waals surface area (Å²) in [7, 11) is 0. The van der Waals surface area contributed by atoms with Crippen molar-refractivity contribution in [3.63, 3.8) is 0 Å². The van der Waals surface area contributed by atoms with Crippen LogP contribution in [-0.4, -0.2) is 10.9 Å². The van der Waals surface area contributed by atoms with E-state index in [0.29, 0.717) is 43.2 Å².